The van der Waals surface area contributed by atoms with Gasteiger partial charge in [0.2, 0.25) is 17.2 Å². The molecule has 6 N–H and O–H groups in total. The van der Waals surface area contributed by atoms with Crippen LogP contribution in [0.3, 0.4) is 0 Å². The fourth-order valence-corrected chi connectivity index (χ4v) is 8.91. The number of phenolic OH excluding ortho intramolecular Hbond substituents is 1. The maximum absolute atomic E-state index is 12.5. The molecule has 0 radical (unpaired) electrons. The van der Waals surface area contributed by atoms with Gasteiger partial charge in [0.25, 0.3) is 20.2 Å². The van der Waals surface area contributed by atoms with Gasteiger partial charge in [-0.15, -0.1) is 16.7 Å². The van der Waals surface area contributed by atoms with Crippen LogP contribution in [0, 0.1) is 0 Å². The predicted octanol–water partition coefficient (Wildman–Crippen LogP) is 2.71. The number of phenols is 1. The zero-order valence-corrected chi connectivity index (χ0v) is 34.0. The number of hydrogen-bond donors (Lipinski definition) is 6. The zero-order chi connectivity index (χ0) is 42.4. The van der Waals surface area contributed by atoms with Crippen molar-refractivity contribution >= 4 is 113 Å². The number of ether oxygens (including phenoxy) is 1. The highest BCUT2D eigenvalue weighted by atomic mass is 35.5. The van der Waals surface area contributed by atoms with Crippen LogP contribution in [0.15, 0.2) is 67.4 Å². The molecule has 0 bridgehead atoms. The van der Waals surface area contributed by atoms with Crippen LogP contribution in [0.5, 0.6) is 5.75 Å². The highest BCUT2D eigenvalue weighted by Gasteiger charge is 2.26. The molecule has 30 heteroatoms. The lowest BCUT2D eigenvalue weighted by Crippen LogP contribution is -2.19. The van der Waals surface area contributed by atoms with Gasteiger partial charge in [0.05, 0.1) is 58.2 Å². The fraction of sp³-hybridized carbons (Fsp3) is 0.296. The van der Waals surface area contributed by atoms with Crippen LogP contribution in [0.4, 0.5) is 29.0 Å². The molecule has 312 valence electrons. The molecule has 0 aliphatic heterocycles. The van der Waals surface area contributed by atoms with Crippen molar-refractivity contribution in [3.8, 4) is 5.75 Å². The number of nitrogens with zero attached hydrogens (tertiary/aromatic N) is 5. The normalized spacial score (nSPS) is 13.0. The molecule has 0 saturated heterocycles. The van der Waals surface area contributed by atoms with E-state index in [1.165, 1.54) is 0 Å². The topological polar surface area (TPSA) is 358 Å². The first-order valence-corrected chi connectivity index (χ1v) is 23.9. The van der Waals surface area contributed by atoms with Crippen LogP contribution in [-0.4, -0.2) is 125 Å². The Hall–Kier alpha value is -3.94. The van der Waals surface area contributed by atoms with Gasteiger partial charge in [-0.1, -0.05) is 0 Å². The molecule has 57 heavy (non-hydrogen) atoms. The number of fused-ring (bicyclic) bond motifs is 1. The van der Waals surface area contributed by atoms with E-state index in [0.717, 1.165) is 36.4 Å². The number of alkyl halides is 1. The van der Waals surface area contributed by atoms with Crippen molar-refractivity contribution in [1.82, 2.24) is 15.0 Å². The molecule has 0 atom stereocenters. The Bertz CT molecular complexity index is 2740. The summed E-state index contributed by atoms with van der Waals surface area (Å²) >= 11 is 11.5. The SMILES string of the molecule is O=S(=O)(CCCl)CCOCCNc1nc(Cl)nc(Nc2cc(S(=O)(=O)O)cc3cc(S(=O)(=O)O)c(N=Nc4ccc(S(=O)(=O)CCOS(=O)(=O)O)cc4)c(O)c23)n1. The van der Waals surface area contributed by atoms with Gasteiger partial charge < -0.3 is 20.5 Å². The first-order valence-electron chi connectivity index (χ1n) is 15.3. The number of halogens is 2. The third-order valence-corrected chi connectivity index (χ3v) is 13.1. The lowest BCUT2D eigenvalue weighted by Gasteiger charge is -2.15. The number of sulfone groups is 2. The minimum atomic E-state index is -5.26. The summed E-state index contributed by atoms with van der Waals surface area (Å²) in [6.07, 6.45) is 0. The number of anilines is 3. The van der Waals surface area contributed by atoms with E-state index in [4.69, 9.17) is 32.5 Å². The van der Waals surface area contributed by atoms with Gasteiger partial charge in [-0.3, -0.25) is 13.7 Å². The second-order valence-corrected chi connectivity index (χ2v) is 20.1. The molecule has 0 aliphatic rings. The van der Waals surface area contributed by atoms with E-state index in [1.807, 2.05) is 0 Å². The number of rotatable bonds is 20. The molecule has 4 rings (SSSR count). The van der Waals surface area contributed by atoms with Gasteiger partial charge in [0, 0.05) is 17.8 Å². The summed E-state index contributed by atoms with van der Waals surface area (Å²) in [6.45, 7) is -0.992. The maximum Gasteiger partial charge on any atom is 0.397 e. The molecule has 0 saturated carbocycles. The van der Waals surface area contributed by atoms with Crippen molar-refractivity contribution in [3.63, 3.8) is 0 Å². The van der Waals surface area contributed by atoms with E-state index in [2.05, 4.69) is 40.0 Å². The van der Waals surface area contributed by atoms with Crippen LogP contribution in [-0.2, 0) is 59.2 Å². The largest absolute Gasteiger partial charge is 0.505 e. The summed E-state index contributed by atoms with van der Waals surface area (Å²) in [6, 6.07) is 6.50. The van der Waals surface area contributed by atoms with Gasteiger partial charge in [-0.05, 0) is 59.5 Å². The third-order valence-electron chi connectivity index (χ3n) is 7.06. The Morgan fingerprint density at radius 3 is 2.02 bits per heavy atom. The van der Waals surface area contributed by atoms with Gasteiger partial charge in [0.15, 0.2) is 25.4 Å². The summed E-state index contributed by atoms with van der Waals surface area (Å²) in [5, 5.41) is 23.1. The minimum absolute atomic E-state index is 0.0108. The molecule has 1 heterocycles. The van der Waals surface area contributed by atoms with Gasteiger partial charge in [-0.25, -0.2) is 21.0 Å². The average Bonchev–Trinajstić information content (AvgIpc) is 3.07. The zero-order valence-electron chi connectivity index (χ0n) is 28.4. The number of aromatic hydroxyl groups is 1. The van der Waals surface area contributed by atoms with Crippen molar-refractivity contribution in [2.24, 2.45) is 10.2 Å². The van der Waals surface area contributed by atoms with Crippen molar-refractivity contribution < 1.29 is 69.8 Å². The first-order chi connectivity index (χ1) is 26.4. The Labute approximate surface area is 334 Å². The Morgan fingerprint density at radius 2 is 1.40 bits per heavy atom. The van der Waals surface area contributed by atoms with Crippen LogP contribution >= 0.6 is 23.2 Å². The summed E-state index contributed by atoms with van der Waals surface area (Å²) in [4.78, 5) is 9.63. The van der Waals surface area contributed by atoms with E-state index < -0.39 is 100 Å². The Balaban J connectivity index is 1.69. The molecule has 0 fully saturated rings. The second kappa shape index (κ2) is 18.3. The second-order valence-electron chi connectivity index (χ2n) is 11.1. The highest BCUT2D eigenvalue weighted by Crippen LogP contribution is 2.45. The van der Waals surface area contributed by atoms with Crippen molar-refractivity contribution in [3.05, 3.63) is 47.7 Å². The molecule has 1 aromatic heterocycles. The Kier molecular flexibility index (Phi) is 14.7. The van der Waals surface area contributed by atoms with Gasteiger partial charge in [0.1, 0.15) is 10.6 Å². The third kappa shape index (κ3) is 13.3. The number of aromatic nitrogens is 3. The quantitative estimate of drug-likeness (QED) is 0.0321. The molecular formula is C27H29Cl2N7O16S5. The standard InChI is InChI=1S/C27H29Cl2N7O16S5/c28-5-10-53(38,39)11-8-51-7-6-30-26-32-25(29)33-27(34-26)31-20-15-19(55(42,43)44)13-16-14-21(56(45,46)47)23(24(37)22(16)20)36-35-17-1-3-18(4-2-17)54(40,41)12-9-52-57(48,49)50/h1-4,13-15,37H,5-12H2,(H,42,43,44)(H,45,46,47)(H,48,49,50)(H2,30,31,32,33,34). The van der Waals surface area contributed by atoms with Crippen LogP contribution in [0.25, 0.3) is 10.8 Å². The molecule has 3 aromatic carbocycles. The predicted molar refractivity (Wildman–Crippen MR) is 202 cm³/mol. The van der Waals surface area contributed by atoms with Crippen LogP contribution < -0.4 is 10.6 Å². The van der Waals surface area contributed by atoms with Crippen molar-refractivity contribution in [2.75, 3.05) is 60.1 Å². The molecular weight excluding hydrogens is 910 g/mol. The van der Waals surface area contributed by atoms with Crippen LogP contribution in [0.2, 0.25) is 5.28 Å². The molecule has 23 nitrogen and oxygen atoms in total. The Morgan fingerprint density at radius 1 is 0.737 bits per heavy atom. The molecule has 0 unspecified atom stereocenters. The maximum atomic E-state index is 12.5. The first kappa shape index (κ1) is 45.8. The summed E-state index contributed by atoms with van der Waals surface area (Å²) in [5.74, 6) is -2.95. The number of nitrogens with one attached hydrogen (secondary N) is 2. The minimum Gasteiger partial charge on any atom is -0.505 e. The van der Waals surface area contributed by atoms with E-state index in [9.17, 15) is 56.3 Å². The molecule has 4 aromatic rings. The summed E-state index contributed by atoms with van der Waals surface area (Å²) in [7, 11) is -22.7. The van der Waals surface area contributed by atoms with E-state index in [-0.39, 0.29) is 65.0 Å². The lowest BCUT2D eigenvalue weighted by molar-refractivity contribution is 0.159. The van der Waals surface area contributed by atoms with Gasteiger partial charge in [-0.2, -0.15) is 45.3 Å². The van der Waals surface area contributed by atoms with E-state index >= 15 is 0 Å². The molecule has 0 aliphatic carbocycles. The van der Waals surface area contributed by atoms with E-state index in [1.54, 1.807) is 0 Å². The lowest BCUT2D eigenvalue weighted by atomic mass is 10.1. The van der Waals surface area contributed by atoms with Crippen LogP contribution in [0.1, 0.15) is 0 Å². The summed E-state index contributed by atoms with van der Waals surface area (Å²) < 4.78 is 157. The summed E-state index contributed by atoms with van der Waals surface area (Å²) in [5.41, 5.74) is -1.41. The smallest absolute Gasteiger partial charge is 0.397 e. The van der Waals surface area contributed by atoms with Crippen molar-refractivity contribution in [1.29, 1.82) is 0 Å². The molecule has 0 amide bonds. The monoisotopic (exact) mass is 937 g/mol. The number of benzene rings is 3. The van der Waals surface area contributed by atoms with Crippen molar-refractivity contribution in [2.45, 2.75) is 14.7 Å². The van der Waals surface area contributed by atoms with Gasteiger partial charge >= 0.3 is 10.4 Å². The highest BCUT2D eigenvalue weighted by molar-refractivity contribution is 7.91. The van der Waals surface area contributed by atoms with E-state index in [0.29, 0.717) is 6.07 Å². The fourth-order valence-electron chi connectivity index (χ4n) is 4.54. The molecule has 0 spiro atoms. The number of azo groups is 1. The average molecular weight is 939 g/mol. The number of hydrogen-bond acceptors (Lipinski definition) is 20.